The highest BCUT2D eigenvalue weighted by molar-refractivity contribution is 5.83. The van der Waals surface area contributed by atoms with Gasteiger partial charge in [0.25, 0.3) is 0 Å². The van der Waals surface area contributed by atoms with Gasteiger partial charge in [-0.05, 0) is 44.4 Å². The molecule has 0 radical (unpaired) electrons. The smallest absolute Gasteiger partial charge is 0.191 e. The summed E-state index contributed by atoms with van der Waals surface area (Å²) in [5.41, 5.74) is 2.20. The van der Waals surface area contributed by atoms with Crippen LogP contribution < -0.4 is 10.6 Å². The van der Waals surface area contributed by atoms with Crippen LogP contribution in [0.2, 0.25) is 0 Å². The number of unbranched alkanes of at least 4 members (excludes halogenated alkanes) is 1. The molecule has 2 N–H and O–H groups in total. The van der Waals surface area contributed by atoms with E-state index in [9.17, 15) is 0 Å². The SMILES string of the molecule is CCNC(=NCc1ccnc2ccccc12)NCCCCn1ccnc1C. The van der Waals surface area contributed by atoms with Crippen LogP contribution in [-0.2, 0) is 13.1 Å². The van der Waals surface area contributed by atoms with Crippen molar-refractivity contribution in [3.8, 4) is 0 Å². The highest BCUT2D eigenvalue weighted by atomic mass is 15.2. The summed E-state index contributed by atoms with van der Waals surface area (Å²) in [6.45, 7) is 7.50. The molecule has 2 heterocycles. The summed E-state index contributed by atoms with van der Waals surface area (Å²) < 4.78 is 2.19. The van der Waals surface area contributed by atoms with Crippen molar-refractivity contribution >= 4 is 16.9 Å². The maximum atomic E-state index is 4.75. The standard InChI is InChI=1S/C21H28N6/c1-3-22-21(25-11-6-7-14-27-15-13-23-17(27)2)26-16-18-10-12-24-20-9-5-4-8-19(18)20/h4-5,8-10,12-13,15H,3,6-7,11,14,16H2,1-2H3,(H2,22,25,26). The second-order valence-electron chi connectivity index (χ2n) is 6.48. The monoisotopic (exact) mass is 364 g/mol. The third kappa shape index (κ3) is 5.29. The Bertz CT molecular complexity index is 878. The number of pyridine rings is 1. The van der Waals surface area contributed by atoms with Crippen LogP contribution in [0.15, 0.2) is 53.9 Å². The Kier molecular flexibility index (Phi) is 6.79. The first-order chi connectivity index (χ1) is 13.3. The average molecular weight is 364 g/mol. The van der Waals surface area contributed by atoms with Gasteiger partial charge in [0.15, 0.2) is 5.96 Å². The lowest BCUT2D eigenvalue weighted by Crippen LogP contribution is -2.37. The van der Waals surface area contributed by atoms with E-state index >= 15 is 0 Å². The van der Waals surface area contributed by atoms with Crippen molar-refractivity contribution in [2.45, 2.75) is 39.8 Å². The number of imidazole rings is 1. The lowest BCUT2D eigenvalue weighted by molar-refractivity contribution is 0.588. The number of aliphatic imine (C=N–C) groups is 1. The van der Waals surface area contributed by atoms with Crippen molar-refractivity contribution in [1.29, 1.82) is 0 Å². The predicted octanol–water partition coefficient (Wildman–Crippen LogP) is 3.28. The number of fused-ring (bicyclic) bond motifs is 1. The first-order valence-electron chi connectivity index (χ1n) is 9.60. The van der Waals surface area contributed by atoms with Crippen LogP contribution >= 0.6 is 0 Å². The first kappa shape index (κ1) is 18.9. The maximum absolute atomic E-state index is 4.75. The van der Waals surface area contributed by atoms with Crippen molar-refractivity contribution < 1.29 is 0 Å². The molecule has 0 atom stereocenters. The molecule has 0 aliphatic heterocycles. The largest absolute Gasteiger partial charge is 0.357 e. The van der Waals surface area contributed by atoms with E-state index < -0.39 is 0 Å². The third-order valence-electron chi connectivity index (χ3n) is 4.53. The van der Waals surface area contributed by atoms with Gasteiger partial charge in [0.2, 0.25) is 0 Å². The molecule has 0 saturated heterocycles. The summed E-state index contributed by atoms with van der Waals surface area (Å²) in [6.07, 6.45) is 7.93. The number of aryl methyl sites for hydroxylation is 2. The highest BCUT2D eigenvalue weighted by Gasteiger charge is 2.02. The number of benzene rings is 1. The minimum atomic E-state index is 0.632. The van der Waals surface area contributed by atoms with Crippen molar-refractivity contribution in [3.63, 3.8) is 0 Å². The molecule has 0 amide bonds. The number of hydrogen-bond donors (Lipinski definition) is 2. The van der Waals surface area contributed by atoms with Crippen molar-refractivity contribution in [3.05, 3.63) is 60.3 Å². The zero-order valence-electron chi connectivity index (χ0n) is 16.2. The van der Waals surface area contributed by atoms with E-state index in [0.717, 1.165) is 55.2 Å². The molecule has 0 saturated carbocycles. The van der Waals surface area contributed by atoms with Crippen LogP contribution in [0.1, 0.15) is 31.2 Å². The Balaban J connectivity index is 1.52. The topological polar surface area (TPSA) is 67.1 Å². The van der Waals surface area contributed by atoms with Gasteiger partial charge >= 0.3 is 0 Å². The van der Waals surface area contributed by atoms with Gasteiger partial charge in [-0.3, -0.25) is 4.98 Å². The van der Waals surface area contributed by atoms with Crippen LogP contribution in [0.3, 0.4) is 0 Å². The number of guanidine groups is 1. The Morgan fingerprint density at radius 3 is 2.78 bits per heavy atom. The molecule has 6 nitrogen and oxygen atoms in total. The predicted molar refractivity (Wildman–Crippen MR) is 111 cm³/mol. The van der Waals surface area contributed by atoms with Crippen molar-refractivity contribution in [2.24, 2.45) is 4.99 Å². The average Bonchev–Trinajstić information content (AvgIpc) is 3.10. The summed E-state index contributed by atoms with van der Waals surface area (Å²) in [7, 11) is 0. The second-order valence-corrected chi connectivity index (χ2v) is 6.48. The molecule has 0 spiro atoms. The lowest BCUT2D eigenvalue weighted by Gasteiger charge is -2.12. The van der Waals surface area contributed by atoms with Gasteiger partial charge in [0.1, 0.15) is 5.82 Å². The van der Waals surface area contributed by atoms with E-state index in [1.165, 1.54) is 5.56 Å². The maximum Gasteiger partial charge on any atom is 0.191 e. The summed E-state index contributed by atoms with van der Waals surface area (Å²) >= 11 is 0. The van der Waals surface area contributed by atoms with Crippen molar-refractivity contribution in [1.82, 2.24) is 25.2 Å². The van der Waals surface area contributed by atoms with Gasteiger partial charge in [0, 0.05) is 43.6 Å². The third-order valence-corrected chi connectivity index (χ3v) is 4.53. The molecule has 0 aliphatic rings. The molecule has 0 unspecified atom stereocenters. The molecule has 142 valence electrons. The van der Waals surface area contributed by atoms with Gasteiger partial charge in [-0.2, -0.15) is 0 Å². The van der Waals surface area contributed by atoms with Crippen LogP contribution in [-0.4, -0.2) is 33.6 Å². The van der Waals surface area contributed by atoms with E-state index in [0.29, 0.717) is 6.54 Å². The van der Waals surface area contributed by atoms with Crippen LogP contribution in [0.25, 0.3) is 10.9 Å². The van der Waals surface area contributed by atoms with E-state index in [-0.39, 0.29) is 0 Å². The summed E-state index contributed by atoms with van der Waals surface area (Å²) in [5.74, 6) is 1.93. The van der Waals surface area contributed by atoms with Crippen LogP contribution in [0.4, 0.5) is 0 Å². The van der Waals surface area contributed by atoms with Gasteiger partial charge < -0.3 is 15.2 Å². The Hall–Kier alpha value is -2.89. The molecule has 0 aliphatic carbocycles. The fourth-order valence-electron chi connectivity index (χ4n) is 3.05. The summed E-state index contributed by atoms with van der Waals surface area (Å²) in [5, 5.41) is 7.92. The minimum Gasteiger partial charge on any atom is -0.357 e. The van der Waals surface area contributed by atoms with Gasteiger partial charge in [-0.15, -0.1) is 0 Å². The van der Waals surface area contributed by atoms with E-state index in [1.807, 2.05) is 49.8 Å². The van der Waals surface area contributed by atoms with Gasteiger partial charge in [0.05, 0.1) is 12.1 Å². The lowest BCUT2D eigenvalue weighted by atomic mass is 10.1. The molecule has 6 heteroatoms. The summed E-state index contributed by atoms with van der Waals surface area (Å²) in [4.78, 5) is 13.4. The number of nitrogens with one attached hydrogen (secondary N) is 2. The Morgan fingerprint density at radius 2 is 1.96 bits per heavy atom. The van der Waals surface area contributed by atoms with E-state index in [1.54, 1.807) is 0 Å². The minimum absolute atomic E-state index is 0.632. The number of nitrogens with zero attached hydrogens (tertiary/aromatic N) is 4. The number of rotatable bonds is 8. The molecule has 3 aromatic rings. The molecular weight excluding hydrogens is 336 g/mol. The van der Waals surface area contributed by atoms with Gasteiger partial charge in [-0.1, -0.05) is 18.2 Å². The van der Waals surface area contributed by atoms with Crippen molar-refractivity contribution in [2.75, 3.05) is 13.1 Å². The summed E-state index contributed by atoms with van der Waals surface area (Å²) in [6, 6.07) is 10.2. The fraction of sp³-hybridized carbons (Fsp3) is 0.381. The molecular formula is C21H28N6. The molecule has 3 rings (SSSR count). The molecule has 0 fully saturated rings. The molecule has 1 aromatic carbocycles. The quantitative estimate of drug-likeness (QED) is 0.366. The fourth-order valence-corrected chi connectivity index (χ4v) is 3.05. The normalized spacial score (nSPS) is 11.7. The second kappa shape index (κ2) is 9.71. The van der Waals surface area contributed by atoms with Crippen LogP contribution in [0.5, 0.6) is 0 Å². The Morgan fingerprint density at radius 1 is 1.07 bits per heavy atom. The molecule has 0 bridgehead atoms. The van der Waals surface area contributed by atoms with E-state index in [4.69, 9.17) is 4.99 Å². The van der Waals surface area contributed by atoms with Gasteiger partial charge in [-0.25, -0.2) is 9.98 Å². The Labute approximate surface area is 160 Å². The zero-order chi connectivity index (χ0) is 18.9. The first-order valence-corrected chi connectivity index (χ1v) is 9.60. The van der Waals surface area contributed by atoms with Crippen LogP contribution in [0, 0.1) is 6.92 Å². The molecule has 27 heavy (non-hydrogen) atoms. The zero-order valence-corrected chi connectivity index (χ0v) is 16.2. The number of hydrogen-bond acceptors (Lipinski definition) is 3. The van der Waals surface area contributed by atoms with E-state index in [2.05, 4.69) is 38.2 Å². The number of aromatic nitrogens is 3. The molecule has 2 aromatic heterocycles. The number of para-hydroxylation sites is 1. The highest BCUT2D eigenvalue weighted by Crippen LogP contribution is 2.16.